The average molecular weight is 215 g/mol. The van der Waals surface area contributed by atoms with Gasteiger partial charge in [-0.3, -0.25) is 0 Å². The third kappa shape index (κ3) is 1.84. The van der Waals surface area contributed by atoms with Gasteiger partial charge in [0, 0.05) is 6.42 Å². The van der Waals surface area contributed by atoms with Crippen molar-refractivity contribution in [2.45, 2.75) is 24.9 Å². The van der Waals surface area contributed by atoms with Crippen LogP contribution in [0, 0.1) is 0 Å². The summed E-state index contributed by atoms with van der Waals surface area (Å²) < 4.78 is 1.72. The van der Waals surface area contributed by atoms with Gasteiger partial charge in [-0.1, -0.05) is 17.3 Å². The molecule has 16 heavy (non-hydrogen) atoms. The maximum absolute atomic E-state index is 9.81. The first-order valence-electron chi connectivity index (χ1n) is 5.43. The van der Waals surface area contributed by atoms with Gasteiger partial charge < -0.3 is 5.11 Å². The minimum absolute atomic E-state index is 0.422. The maximum Gasteiger partial charge on any atom is 0.0697 e. The molecule has 0 unspecified atom stereocenters. The molecule has 1 N–H and O–H groups in total. The SMILES string of the molecule is OC1(Cc2ccc(-n3ccnn3)cc2)CC1. The molecule has 0 atom stereocenters. The van der Waals surface area contributed by atoms with E-state index in [-0.39, 0.29) is 0 Å². The van der Waals surface area contributed by atoms with Gasteiger partial charge in [-0.2, -0.15) is 0 Å². The van der Waals surface area contributed by atoms with Crippen molar-refractivity contribution in [1.29, 1.82) is 0 Å². The molecule has 0 bridgehead atoms. The van der Waals surface area contributed by atoms with Crippen LogP contribution in [0.1, 0.15) is 18.4 Å². The summed E-state index contributed by atoms with van der Waals surface area (Å²) in [4.78, 5) is 0. The molecular formula is C12H13N3O. The first kappa shape index (κ1) is 9.54. The van der Waals surface area contributed by atoms with Gasteiger partial charge in [0.25, 0.3) is 0 Å². The maximum atomic E-state index is 9.81. The molecule has 4 heteroatoms. The highest BCUT2D eigenvalue weighted by Crippen LogP contribution is 2.38. The molecule has 0 saturated heterocycles. The number of hydrogen-bond donors (Lipinski definition) is 1. The fraction of sp³-hybridized carbons (Fsp3) is 0.333. The van der Waals surface area contributed by atoms with Crippen molar-refractivity contribution in [3.05, 3.63) is 42.2 Å². The van der Waals surface area contributed by atoms with Crippen LogP contribution in [0.5, 0.6) is 0 Å². The number of benzene rings is 1. The van der Waals surface area contributed by atoms with E-state index in [4.69, 9.17) is 0 Å². The second-order valence-electron chi connectivity index (χ2n) is 4.42. The van der Waals surface area contributed by atoms with Crippen LogP contribution < -0.4 is 0 Å². The largest absolute Gasteiger partial charge is 0.390 e. The number of hydrogen-bond acceptors (Lipinski definition) is 3. The molecule has 0 amide bonds. The Balaban J connectivity index is 1.80. The fourth-order valence-electron chi connectivity index (χ4n) is 1.81. The zero-order chi connectivity index (χ0) is 11.0. The molecule has 1 aromatic heterocycles. The molecule has 3 rings (SSSR count). The van der Waals surface area contributed by atoms with Crippen molar-refractivity contribution in [1.82, 2.24) is 15.0 Å². The van der Waals surface area contributed by atoms with Crippen molar-refractivity contribution in [3.8, 4) is 5.69 Å². The van der Waals surface area contributed by atoms with Crippen molar-refractivity contribution in [2.75, 3.05) is 0 Å². The molecule has 82 valence electrons. The third-order valence-electron chi connectivity index (χ3n) is 2.98. The normalized spacial score (nSPS) is 17.3. The Bertz CT molecular complexity index is 471. The molecule has 1 aromatic carbocycles. The van der Waals surface area contributed by atoms with Crippen LogP contribution in [-0.4, -0.2) is 25.7 Å². The molecule has 4 nitrogen and oxygen atoms in total. The molecule has 0 radical (unpaired) electrons. The topological polar surface area (TPSA) is 50.9 Å². The van der Waals surface area contributed by atoms with Gasteiger partial charge in [-0.15, -0.1) is 5.10 Å². The third-order valence-corrected chi connectivity index (χ3v) is 2.98. The predicted octanol–water partition coefficient (Wildman–Crippen LogP) is 1.33. The van der Waals surface area contributed by atoms with Crippen LogP contribution in [0.15, 0.2) is 36.7 Å². The van der Waals surface area contributed by atoms with Crippen LogP contribution in [0.4, 0.5) is 0 Å². The monoisotopic (exact) mass is 215 g/mol. The summed E-state index contributed by atoms with van der Waals surface area (Å²) >= 11 is 0. The van der Waals surface area contributed by atoms with Gasteiger partial charge in [-0.25, -0.2) is 4.68 Å². The molecule has 1 aliphatic rings. The number of nitrogens with zero attached hydrogens (tertiary/aromatic N) is 3. The number of aromatic nitrogens is 3. The van der Waals surface area contributed by atoms with E-state index in [0.29, 0.717) is 0 Å². The van der Waals surface area contributed by atoms with Crippen molar-refractivity contribution >= 4 is 0 Å². The van der Waals surface area contributed by atoms with Crippen molar-refractivity contribution < 1.29 is 5.11 Å². The summed E-state index contributed by atoms with van der Waals surface area (Å²) in [6, 6.07) is 8.06. The number of rotatable bonds is 3. The van der Waals surface area contributed by atoms with Crippen LogP contribution in [0.3, 0.4) is 0 Å². The van der Waals surface area contributed by atoms with Gasteiger partial charge in [0.15, 0.2) is 0 Å². The first-order chi connectivity index (χ1) is 7.75. The van der Waals surface area contributed by atoms with Gasteiger partial charge in [-0.05, 0) is 30.5 Å². The van der Waals surface area contributed by atoms with E-state index in [1.807, 2.05) is 30.5 Å². The number of aliphatic hydroxyl groups is 1. The van der Waals surface area contributed by atoms with Gasteiger partial charge in [0.2, 0.25) is 0 Å². The summed E-state index contributed by atoms with van der Waals surface area (Å²) in [5.74, 6) is 0. The van der Waals surface area contributed by atoms with E-state index in [0.717, 1.165) is 24.9 Å². The van der Waals surface area contributed by atoms with Crippen LogP contribution >= 0.6 is 0 Å². The Morgan fingerprint density at radius 2 is 2.00 bits per heavy atom. The quantitative estimate of drug-likeness (QED) is 0.840. The Labute approximate surface area is 93.5 Å². The fourth-order valence-corrected chi connectivity index (χ4v) is 1.81. The first-order valence-corrected chi connectivity index (χ1v) is 5.43. The van der Waals surface area contributed by atoms with Gasteiger partial charge in [0.1, 0.15) is 0 Å². The second kappa shape index (κ2) is 3.42. The van der Waals surface area contributed by atoms with Crippen molar-refractivity contribution in [2.24, 2.45) is 0 Å². The summed E-state index contributed by atoms with van der Waals surface area (Å²) in [5, 5.41) is 17.5. The minimum atomic E-state index is -0.422. The Morgan fingerprint density at radius 3 is 2.56 bits per heavy atom. The Hall–Kier alpha value is -1.68. The molecule has 1 aliphatic carbocycles. The van der Waals surface area contributed by atoms with E-state index in [9.17, 15) is 5.11 Å². The standard InChI is InChI=1S/C12H13N3O/c16-12(5-6-12)9-10-1-3-11(4-2-10)15-8-7-13-14-15/h1-4,7-8,16H,5-6,9H2. The van der Waals surface area contributed by atoms with Gasteiger partial charge in [0.05, 0.1) is 23.7 Å². The molecule has 2 aromatic rings. The summed E-state index contributed by atoms with van der Waals surface area (Å²) in [7, 11) is 0. The average Bonchev–Trinajstić information content (AvgIpc) is 2.83. The van der Waals surface area contributed by atoms with E-state index in [1.54, 1.807) is 10.9 Å². The molecule has 1 fully saturated rings. The zero-order valence-corrected chi connectivity index (χ0v) is 8.87. The minimum Gasteiger partial charge on any atom is -0.390 e. The summed E-state index contributed by atoms with van der Waals surface area (Å²) in [6.45, 7) is 0. The summed E-state index contributed by atoms with van der Waals surface area (Å²) in [6.07, 6.45) is 6.07. The summed E-state index contributed by atoms with van der Waals surface area (Å²) in [5.41, 5.74) is 1.74. The smallest absolute Gasteiger partial charge is 0.0697 e. The molecule has 0 aliphatic heterocycles. The van der Waals surface area contributed by atoms with Crippen LogP contribution in [0.25, 0.3) is 5.69 Å². The highest BCUT2D eigenvalue weighted by atomic mass is 16.3. The molecule has 1 saturated carbocycles. The molecule has 1 heterocycles. The highest BCUT2D eigenvalue weighted by molar-refractivity contribution is 5.34. The van der Waals surface area contributed by atoms with E-state index < -0.39 is 5.60 Å². The predicted molar refractivity (Wildman–Crippen MR) is 59.2 cm³/mol. The lowest BCUT2D eigenvalue weighted by atomic mass is 10.1. The molecule has 0 spiro atoms. The van der Waals surface area contributed by atoms with Crippen LogP contribution in [-0.2, 0) is 6.42 Å². The van der Waals surface area contributed by atoms with E-state index in [2.05, 4.69) is 10.3 Å². The highest BCUT2D eigenvalue weighted by Gasteiger charge is 2.39. The second-order valence-corrected chi connectivity index (χ2v) is 4.42. The Morgan fingerprint density at radius 1 is 1.25 bits per heavy atom. The van der Waals surface area contributed by atoms with Crippen LogP contribution in [0.2, 0.25) is 0 Å². The lowest BCUT2D eigenvalue weighted by molar-refractivity contribution is 0.151. The Kier molecular flexibility index (Phi) is 2.04. The van der Waals surface area contributed by atoms with Gasteiger partial charge >= 0.3 is 0 Å². The lowest BCUT2D eigenvalue weighted by Crippen LogP contribution is -2.10. The van der Waals surface area contributed by atoms with E-state index in [1.165, 1.54) is 5.56 Å². The lowest BCUT2D eigenvalue weighted by Gasteiger charge is -2.08. The molecular weight excluding hydrogens is 202 g/mol. The zero-order valence-electron chi connectivity index (χ0n) is 8.87. The van der Waals surface area contributed by atoms with Crippen molar-refractivity contribution in [3.63, 3.8) is 0 Å². The van der Waals surface area contributed by atoms with E-state index >= 15 is 0 Å².